The summed E-state index contributed by atoms with van der Waals surface area (Å²) in [7, 11) is 1.39. The van der Waals surface area contributed by atoms with E-state index in [0.29, 0.717) is 29.5 Å². The molecule has 2 aromatic heterocycles. The molecule has 1 atom stereocenters. The third-order valence-corrected chi connectivity index (χ3v) is 8.15. The number of hydrogen-bond acceptors (Lipinski definition) is 8. The lowest BCUT2D eigenvalue weighted by molar-refractivity contribution is 0.0601. The second kappa shape index (κ2) is 12.3. The second-order valence-corrected chi connectivity index (χ2v) is 10.9. The highest BCUT2D eigenvalue weighted by Crippen LogP contribution is 2.27. The number of ether oxygens (including phenoxy) is 3. The van der Waals surface area contributed by atoms with Crippen molar-refractivity contribution in [1.82, 2.24) is 24.2 Å². The fourth-order valence-electron chi connectivity index (χ4n) is 5.76. The van der Waals surface area contributed by atoms with Gasteiger partial charge in [-0.25, -0.2) is 14.2 Å². The maximum absolute atomic E-state index is 14.2. The van der Waals surface area contributed by atoms with Crippen molar-refractivity contribution in [3.05, 3.63) is 77.0 Å². The standard InChI is InChI=1S/C31H33FN6O4/c1-40-31(39)23-4-5-27-28(15-23)37(17-22-9-13-41-19-22)29(34-27)18-36-10-6-25(7-11-36)38-12-8-30(35-38)42-20-24-3-2-21(16-33)14-26(24)32/h2-5,8,12,14-15,22,25H,6-7,9-11,13,17-20H2,1H3/t22-/m1/s1. The average Bonchev–Trinajstić information content (AvgIpc) is 3.78. The van der Waals surface area contributed by atoms with Crippen LogP contribution in [0.5, 0.6) is 5.88 Å². The summed E-state index contributed by atoms with van der Waals surface area (Å²) in [4.78, 5) is 19.6. The molecule has 0 unspecified atom stereocenters. The van der Waals surface area contributed by atoms with Crippen molar-refractivity contribution in [2.24, 2.45) is 5.92 Å². The molecule has 42 heavy (non-hydrogen) atoms. The zero-order valence-corrected chi connectivity index (χ0v) is 23.5. The summed E-state index contributed by atoms with van der Waals surface area (Å²) in [6.45, 7) is 4.85. The predicted octanol–water partition coefficient (Wildman–Crippen LogP) is 4.48. The number of benzene rings is 2. The summed E-state index contributed by atoms with van der Waals surface area (Å²) >= 11 is 0. The van der Waals surface area contributed by atoms with Crippen molar-refractivity contribution in [3.8, 4) is 11.9 Å². The molecule has 2 aliphatic rings. The molecule has 218 valence electrons. The molecule has 0 aliphatic carbocycles. The molecular weight excluding hydrogens is 539 g/mol. The second-order valence-electron chi connectivity index (χ2n) is 10.9. The molecule has 4 heterocycles. The van der Waals surface area contributed by atoms with Crippen molar-refractivity contribution >= 4 is 17.0 Å². The number of methoxy groups -OCH3 is 1. The Balaban J connectivity index is 1.09. The third kappa shape index (κ3) is 6.00. The summed E-state index contributed by atoms with van der Waals surface area (Å²) in [6.07, 6.45) is 4.77. The number of carbonyl (C=O) groups excluding carboxylic acids is 1. The van der Waals surface area contributed by atoms with Gasteiger partial charge in [-0.3, -0.25) is 9.58 Å². The van der Waals surface area contributed by atoms with E-state index in [4.69, 9.17) is 24.5 Å². The van der Waals surface area contributed by atoms with Gasteiger partial charge in [0.2, 0.25) is 5.88 Å². The normalized spacial score (nSPS) is 17.9. The molecule has 0 spiro atoms. The SMILES string of the molecule is COC(=O)c1ccc2nc(CN3CCC(n4ccc(OCc5ccc(C#N)cc5F)n4)CC3)n(C[C@H]3CCOC3)c2c1. The Labute approximate surface area is 243 Å². The Kier molecular flexibility index (Phi) is 8.17. The van der Waals surface area contributed by atoms with Gasteiger partial charge in [0.15, 0.2) is 0 Å². The number of fused-ring (bicyclic) bond motifs is 1. The average molecular weight is 573 g/mol. The maximum Gasteiger partial charge on any atom is 0.337 e. The summed E-state index contributed by atoms with van der Waals surface area (Å²) in [5.74, 6) is 1.03. The van der Waals surface area contributed by atoms with Crippen LogP contribution in [0.2, 0.25) is 0 Å². The first-order valence-electron chi connectivity index (χ1n) is 14.2. The van der Waals surface area contributed by atoms with Gasteiger partial charge in [-0.15, -0.1) is 5.10 Å². The number of nitriles is 1. The molecule has 0 bridgehead atoms. The van der Waals surface area contributed by atoms with Gasteiger partial charge in [-0.05, 0) is 49.6 Å². The molecule has 0 N–H and O–H groups in total. The molecule has 6 rings (SSSR count). The highest BCUT2D eigenvalue weighted by atomic mass is 19.1. The largest absolute Gasteiger partial charge is 0.472 e. The van der Waals surface area contributed by atoms with Crippen LogP contribution in [0.3, 0.4) is 0 Å². The van der Waals surface area contributed by atoms with Crippen molar-refractivity contribution in [2.45, 2.75) is 45.0 Å². The molecule has 0 amide bonds. The minimum atomic E-state index is -0.463. The van der Waals surface area contributed by atoms with Crippen molar-refractivity contribution in [1.29, 1.82) is 5.26 Å². The van der Waals surface area contributed by atoms with Crippen LogP contribution in [-0.2, 0) is 29.2 Å². The van der Waals surface area contributed by atoms with Crippen LogP contribution >= 0.6 is 0 Å². The predicted molar refractivity (Wildman–Crippen MR) is 151 cm³/mol. The lowest BCUT2D eigenvalue weighted by Gasteiger charge is -2.32. The molecule has 11 heteroatoms. The minimum absolute atomic E-state index is 0.0438. The van der Waals surface area contributed by atoms with Gasteiger partial charge < -0.3 is 18.8 Å². The Hall–Kier alpha value is -4.27. The highest BCUT2D eigenvalue weighted by molar-refractivity contribution is 5.93. The van der Waals surface area contributed by atoms with E-state index in [1.807, 2.05) is 29.1 Å². The van der Waals surface area contributed by atoms with Crippen LogP contribution < -0.4 is 4.74 Å². The number of nitrogens with zero attached hydrogens (tertiary/aromatic N) is 6. The number of hydrogen-bond donors (Lipinski definition) is 0. The lowest BCUT2D eigenvalue weighted by atomic mass is 10.1. The molecule has 2 fully saturated rings. The van der Waals surface area contributed by atoms with Crippen molar-refractivity contribution < 1.29 is 23.4 Å². The lowest BCUT2D eigenvalue weighted by Crippen LogP contribution is -2.35. The Morgan fingerprint density at radius 2 is 2.02 bits per heavy atom. The Morgan fingerprint density at radius 1 is 1.17 bits per heavy atom. The summed E-state index contributed by atoms with van der Waals surface area (Å²) < 4.78 is 34.7. The van der Waals surface area contributed by atoms with Crippen LogP contribution in [0, 0.1) is 23.1 Å². The Morgan fingerprint density at radius 3 is 2.76 bits per heavy atom. The molecule has 2 aromatic carbocycles. The third-order valence-electron chi connectivity index (χ3n) is 8.15. The molecule has 2 aliphatic heterocycles. The number of piperidine rings is 1. The number of halogens is 1. The van der Waals surface area contributed by atoms with E-state index in [9.17, 15) is 9.18 Å². The first kappa shape index (κ1) is 27.9. The smallest absolute Gasteiger partial charge is 0.337 e. The first-order chi connectivity index (χ1) is 20.5. The van der Waals surface area contributed by atoms with Gasteiger partial charge in [-0.2, -0.15) is 5.26 Å². The summed E-state index contributed by atoms with van der Waals surface area (Å²) in [5, 5.41) is 13.5. The molecule has 4 aromatic rings. The van der Waals surface area contributed by atoms with Gasteiger partial charge in [0, 0.05) is 50.0 Å². The van der Waals surface area contributed by atoms with E-state index in [1.165, 1.54) is 13.2 Å². The van der Waals surface area contributed by atoms with Gasteiger partial charge in [0.05, 0.1) is 54.5 Å². The molecule has 0 saturated carbocycles. The number of likely N-dealkylation sites (tertiary alicyclic amines) is 1. The van der Waals surface area contributed by atoms with Crippen molar-refractivity contribution in [3.63, 3.8) is 0 Å². The number of rotatable bonds is 9. The molecule has 2 saturated heterocycles. The van der Waals surface area contributed by atoms with Gasteiger partial charge in [-0.1, -0.05) is 6.07 Å². The summed E-state index contributed by atoms with van der Waals surface area (Å²) in [6, 6.07) is 13.9. The minimum Gasteiger partial charge on any atom is -0.472 e. The topological polar surface area (TPSA) is 107 Å². The fraction of sp³-hybridized carbons (Fsp3) is 0.419. The van der Waals surface area contributed by atoms with Crippen LogP contribution in [0.15, 0.2) is 48.7 Å². The van der Waals surface area contributed by atoms with E-state index in [1.54, 1.807) is 24.3 Å². The van der Waals surface area contributed by atoms with Gasteiger partial charge in [0.1, 0.15) is 18.2 Å². The van der Waals surface area contributed by atoms with Crippen LogP contribution in [0.25, 0.3) is 11.0 Å². The maximum atomic E-state index is 14.2. The van der Waals surface area contributed by atoms with Gasteiger partial charge >= 0.3 is 5.97 Å². The monoisotopic (exact) mass is 572 g/mol. The number of carbonyl (C=O) groups is 1. The van der Waals surface area contributed by atoms with Gasteiger partial charge in [0.25, 0.3) is 0 Å². The van der Waals surface area contributed by atoms with Crippen molar-refractivity contribution in [2.75, 3.05) is 33.4 Å². The number of aromatic nitrogens is 4. The molecule has 10 nitrogen and oxygen atoms in total. The van der Waals surface area contributed by atoms with E-state index >= 15 is 0 Å². The summed E-state index contributed by atoms with van der Waals surface area (Å²) in [5.41, 5.74) is 2.99. The zero-order chi connectivity index (χ0) is 29.1. The quantitative estimate of drug-likeness (QED) is 0.270. The van der Waals surface area contributed by atoms with Crippen LogP contribution in [-0.4, -0.2) is 63.6 Å². The van der Waals surface area contributed by atoms with Crippen LogP contribution in [0.4, 0.5) is 4.39 Å². The molecule has 0 radical (unpaired) electrons. The first-order valence-corrected chi connectivity index (χ1v) is 14.2. The van der Waals surface area contributed by atoms with E-state index in [-0.39, 0.29) is 24.2 Å². The number of esters is 1. The number of imidazole rings is 1. The van der Waals surface area contributed by atoms with E-state index in [2.05, 4.69) is 14.6 Å². The zero-order valence-electron chi connectivity index (χ0n) is 23.5. The fourth-order valence-corrected chi connectivity index (χ4v) is 5.76. The Bertz CT molecular complexity index is 1610. The highest BCUT2D eigenvalue weighted by Gasteiger charge is 2.25. The van der Waals surface area contributed by atoms with E-state index < -0.39 is 5.82 Å². The van der Waals surface area contributed by atoms with Crippen LogP contribution in [0.1, 0.15) is 52.6 Å². The van der Waals surface area contributed by atoms with E-state index in [0.717, 1.165) is 69.0 Å². The molecular formula is C31H33FN6O4.